The third-order valence-electron chi connectivity index (χ3n) is 4.14. The van der Waals surface area contributed by atoms with Gasteiger partial charge in [0, 0.05) is 34.7 Å². The van der Waals surface area contributed by atoms with Crippen molar-refractivity contribution in [3.63, 3.8) is 0 Å². The van der Waals surface area contributed by atoms with E-state index in [4.69, 9.17) is 4.99 Å². The van der Waals surface area contributed by atoms with Gasteiger partial charge in [-0.1, -0.05) is 33.1 Å². The highest BCUT2D eigenvalue weighted by Gasteiger charge is 2.30. The van der Waals surface area contributed by atoms with Gasteiger partial charge >= 0.3 is 0 Å². The molecular weight excluding hydrogens is 349 g/mol. The Morgan fingerprint density at radius 2 is 1.47 bits per heavy atom. The van der Waals surface area contributed by atoms with E-state index in [-0.39, 0.29) is 24.0 Å². The van der Waals surface area contributed by atoms with Gasteiger partial charge in [-0.25, -0.2) is 0 Å². The molecule has 114 valence electrons. The molecule has 0 N–H and O–H groups in total. The first-order chi connectivity index (χ1) is 8.34. The monoisotopic (exact) mass is 381 g/mol. The third-order valence-corrected chi connectivity index (χ3v) is 4.14. The summed E-state index contributed by atoms with van der Waals surface area (Å²) in [7, 11) is 8.25. The summed E-state index contributed by atoms with van der Waals surface area (Å²) in [6.45, 7) is 5.70. The van der Waals surface area contributed by atoms with Crippen LogP contribution in [0.3, 0.4) is 0 Å². The first kappa shape index (κ1) is 19.0. The van der Waals surface area contributed by atoms with Crippen molar-refractivity contribution in [2.75, 3.05) is 34.7 Å². The number of guanidine groups is 1. The van der Waals surface area contributed by atoms with E-state index in [1.807, 2.05) is 0 Å². The minimum Gasteiger partial charge on any atom is -0.349 e. The van der Waals surface area contributed by atoms with Gasteiger partial charge in [0.05, 0.1) is 0 Å². The topological polar surface area (TPSA) is 18.8 Å². The lowest BCUT2D eigenvalue weighted by atomic mass is 9.71. The number of nitrogens with zero attached hydrogens (tertiary/aromatic N) is 3. The van der Waals surface area contributed by atoms with E-state index in [9.17, 15) is 0 Å². The Morgan fingerprint density at radius 3 is 1.89 bits per heavy atom. The zero-order chi connectivity index (χ0) is 13.8. The molecule has 0 saturated heterocycles. The maximum Gasteiger partial charge on any atom is 0.195 e. The highest BCUT2D eigenvalue weighted by Crippen LogP contribution is 2.38. The van der Waals surface area contributed by atoms with Crippen LogP contribution in [0, 0.1) is 11.3 Å². The van der Waals surface area contributed by atoms with Crippen LogP contribution in [0.2, 0.25) is 0 Å². The summed E-state index contributed by atoms with van der Waals surface area (Å²) in [5.41, 5.74) is 0.331. The van der Waals surface area contributed by atoms with E-state index in [2.05, 4.69) is 51.8 Å². The SMILES string of the molecule is CN(C)C(=NCC(C)(C)C1CCCCC1)N(C)C.I. The second-order valence-corrected chi connectivity index (χ2v) is 6.73. The summed E-state index contributed by atoms with van der Waals surface area (Å²) >= 11 is 0. The van der Waals surface area contributed by atoms with Gasteiger partial charge in [0.1, 0.15) is 0 Å². The second kappa shape index (κ2) is 8.32. The van der Waals surface area contributed by atoms with Crippen LogP contribution in [0.4, 0.5) is 0 Å². The van der Waals surface area contributed by atoms with Gasteiger partial charge in [-0.3, -0.25) is 4.99 Å². The maximum atomic E-state index is 4.84. The zero-order valence-electron chi connectivity index (χ0n) is 13.6. The van der Waals surface area contributed by atoms with E-state index in [0.29, 0.717) is 5.41 Å². The van der Waals surface area contributed by atoms with Crippen LogP contribution < -0.4 is 0 Å². The minimum absolute atomic E-state index is 0. The van der Waals surface area contributed by atoms with E-state index in [0.717, 1.165) is 18.4 Å². The lowest BCUT2D eigenvalue weighted by Crippen LogP contribution is -2.37. The lowest BCUT2D eigenvalue weighted by Gasteiger charge is -2.36. The number of rotatable bonds is 3. The van der Waals surface area contributed by atoms with Crippen LogP contribution in [-0.4, -0.2) is 50.5 Å². The summed E-state index contributed by atoms with van der Waals surface area (Å²) in [4.78, 5) is 9.03. The molecule has 3 nitrogen and oxygen atoms in total. The van der Waals surface area contributed by atoms with Gasteiger partial charge in [-0.15, -0.1) is 24.0 Å². The number of hydrogen-bond acceptors (Lipinski definition) is 1. The molecule has 0 aromatic heterocycles. The van der Waals surface area contributed by atoms with Crippen molar-refractivity contribution in [2.45, 2.75) is 46.0 Å². The molecule has 1 aliphatic rings. The van der Waals surface area contributed by atoms with Crippen LogP contribution in [-0.2, 0) is 0 Å². The Labute approximate surface area is 136 Å². The first-order valence-electron chi connectivity index (χ1n) is 7.23. The molecule has 0 radical (unpaired) electrons. The fourth-order valence-electron chi connectivity index (χ4n) is 2.97. The Morgan fingerprint density at radius 1 is 1.00 bits per heavy atom. The van der Waals surface area contributed by atoms with Gasteiger partial charge in [0.25, 0.3) is 0 Å². The van der Waals surface area contributed by atoms with Crippen molar-refractivity contribution in [2.24, 2.45) is 16.3 Å². The highest BCUT2D eigenvalue weighted by atomic mass is 127. The number of halogens is 1. The van der Waals surface area contributed by atoms with Crippen LogP contribution in [0.5, 0.6) is 0 Å². The molecule has 19 heavy (non-hydrogen) atoms. The quantitative estimate of drug-likeness (QED) is 0.422. The maximum absolute atomic E-state index is 4.84. The molecule has 0 spiro atoms. The molecule has 0 amide bonds. The van der Waals surface area contributed by atoms with E-state index in [1.54, 1.807) is 0 Å². The highest BCUT2D eigenvalue weighted by molar-refractivity contribution is 14.0. The average Bonchev–Trinajstić information content (AvgIpc) is 2.29. The molecule has 0 unspecified atom stereocenters. The van der Waals surface area contributed by atoms with Crippen LogP contribution in [0.1, 0.15) is 46.0 Å². The summed E-state index contributed by atoms with van der Waals surface area (Å²) in [6.07, 6.45) is 7.03. The summed E-state index contributed by atoms with van der Waals surface area (Å²) in [6, 6.07) is 0. The van der Waals surface area contributed by atoms with Crippen LogP contribution >= 0.6 is 24.0 Å². The molecular formula is C15H32IN3. The summed E-state index contributed by atoms with van der Waals surface area (Å²) in [5, 5.41) is 0. The smallest absolute Gasteiger partial charge is 0.195 e. The van der Waals surface area contributed by atoms with Gasteiger partial charge in [0.15, 0.2) is 5.96 Å². The minimum atomic E-state index is 0. The summed E-state index contributed by atoms with van der Waals surface area (Å²) < 4.78 is 0. The van der Waals surface area contributed by atoms with Crippen molar-refractivity contribution in [1.82, 2.24) is 9.80 Å². The van der Waals surface area contributed by atoms with Crippen molar-refractivity contribution in [1.29, 1.82) is 0 Å². The molecule has 1 saturated carbocycles. The Balaban J connectivity index is 0.00000324. The fourth-order valence-corrected chi connectivity index (χ4v) is 2.97. The Kier molecular flexibility index (Phi) is 8.32. The molecule has 0 aromatic carbocycles. The van der Waals surface area contributed by atoms with E-state index < -0.39 is 0 Å². The molecule has 0 atom stereocenters. The molecule has 1 rings (SSSR count). The molecule has 0 bridgehead atoms. The summed E-state index contributed by atoms with van der Waals surface area (Å²) in [5.74, 6) is 1.92. The lowest BCUT2D eigenvalue weighted by molar-refractivity contribution is 0.166. The molecule has 4 heteroatoms. The van der Waals surface area contributed by atoms with E-state index in [1.165, 1.54) is 32.1 Å². The van der Waals surface area contributed by atoms with Gasteiger partial charge < -0.3 is 9.80 Å². The molecule has 0 heterocycles. The van der Waals surface area contributed by atoms with Gasteiger partial charge in [-0.2, -0.15) is 0 Å². The Hall–Kier alpha value is 0. The molecule has 1 aliphatic carbocycles. The van der Waals surface area contributed by atoms with Crippen molar-refractivity contribution < 1.29 is 0 Å². The predicted octanol–water partition coefficient (Wildman–Crippen LogP) is 3.69. The van der Waals surface area contributed by atoms with Crippen molar-refractivity contribution in [3.05, 3.63) is 0 Å². The van der Waals surface area contributed by atoms with Gasteiger partial charge in [0.2, 0.25) is 0 Å². The zero-order valence-corrected chi connectivity index (χ0v) is 15.9. The molecule has 0 aliphatic heterocycles. The van der Waals surface area contributed by atoms with Gasteiger partial charge in [-0.05, 0) is 24.2 Å². The van der Waals surface area contributed by atoms with E-state index >= 15 is 0 Å². The number of hydrogen-bond donors (Lipinski definition) is 0. The largest absolute Gasteiger partial charge is 0.349 e. The molecule has 0 aromatic rings. The average molecular weight is 381 g/mol. The van der Waals surface area contributed by atoms with Crippen molar-refractivity contribution >= 4 is 29.9 Å². The van der Waals surface area contributed by atoms with Crippen LogP contribution in [0.25, 0.3) is 0 Å². The third kappa shape index (κ3) is 5.88. The standard InChI is InChI=1S/C15H31N3.HI/c1-15(2,13-10-8-7-9-11-13)12-16-14(17(3)4)18(5)6;/h13H,7-12H2,1-6H3;1H. The fraction of sp³-hybridized carbons (Fsp3) is 0.933. The van der Waals surface area contributed by atoms with Crippen LogP contribution in [0.15, 0.2) is 4.99 Å². The first-order valence-corrected chi connectivity index (χ1v) is 7.23. The second-order valence-electron chi connectivity index (χ2n) is 6.73. The normalized spacial score (nSPS) is 16.5. The predicted molar refractivity (Wildman–Crippen MR) is 95.4 cm³/mol. The van der Waals surface area contributed by atoms with Crippen molar-refractivity contribution in [3.8, 4) is 0 Å². The number of aliphatic imine (C=N–C) groups is 1. The molecule has 1 fully saturated rings. The Bertz CT molecular complexity index is 269.